The lowest BCUT2D eigenvalue weighted by molar-refractivity contribution is -0.143. The molecule has 5 aromatic rings. The number of furan rings is 1. The number of alkyl halides is 6. The first kappa shape index (κ1) is 22.4. The lowest BCUT2D eigenvalue weighted by Crippen LogP contribution is -2.21. The van der Waals surface area contributed by atoms with Gasteiger partial charge in [0.25, 0.3) is 5.91 Å². The Hall–Kier alpha value is -4.35. The second kappa shape index (κ2) is 7.86. The van der Waals surface area contributed by atoms with Gasteiger partial charge in [0, 0.05) is 22.7 Å². The van der Waals surface area contributed by atoms with Crippen molar-refractivity contribution in [3.63, 3.8) is 0 Å². The number of pyridine rings is 1. The van der Waals surface area contributed by atoms with Gasteiger partial charge in [-0.15, -0.1) is 0 Å². The van der Waals surface area contributed by atoms with Crippen LogP contribution in [0.5, 0.6) is 0 Å². The average Bonchev–Trinajstić information content (AvgIpc) is 3.41. The highest BCUT2D eigenvalue weighted by Gasteiger charge is 2.41. The maximum absolute atomic E-state index is 13.9. The van der Waals surface area contributed by atoms with E-state index in [1.165, 1.54) is 6.07 Å². The lowest BCUT2D eigenvalue weighted by atomic mass is 10.1. The summed E-state index contributed by atoms with van der Waals surface area (Å²) in [6.07, 6.45) is -8.70. The van der Waals surface area contributed by atoms with Crippen molar-refractivity contribution in [2.75, 3.05) is 5.32 Å². The number of fused-ring (bicyclic) bond motifs is 3. The normalized spacial score (nSPS) is 12.4. The highest BCUT2D eigenvalue weighted by Crippen LogP contribution is 2.35. The van der Waals surface area contributed by atoms with Crippen molar-refractivity contribution >= 4 is 33.5 Å². The molecule has 0 bridgehead atoms. The maximum Gasteiger partial charge on any atom is 0.434 e. The molecule has 6 nitrogen and oxygen atoms in total. The molecule has 0 unspecified atom stereocenters. The van der Waals surface area contributed by atoms with Crippen LogP contribution >= 0.6 is 0 Å². The second-order valence-electron chi connectivity index (χ2n) is 7.48. The van der Waals surface area contributed by atoms with Crippen molar-refractivity contribution in [3.8, 4) is 5.82 Å². The number of aromatic nitrogens is 3. The molecule has 3 heterocycles. The van der Waals surface area contributed by atoms with E-state index >= 15 is 0 Å². The molecule has 0 fully saturated rings. The van der Waals surface area contributed by atoms with Crippen LogP contribution in [0.4, 0.5) is 32.0 Å². The van der Waals surface area contributed by atoms with Crippen molar-refractivity contribution in [1.29, 1.82) is 0 Å². The van der Waals surface area contributed by atoms with Gasteiger partial charge < -0.3 is 9.73 Å². The van der Waals surface area contributed by atoms with Gasteiger partial charge >= 0.3 is 12.4 Å². The summed E-state index contributed by atoms with van der Waals surface area (Å²) in [4.78, 5) is 16.2. The number of carbonyl (C=O) groups excluding carboxylic acids is 1. The standard InChI is InChI=1S/C23H12F6N4O2/c24-22(25,26)12-5-8-19(30-10-12)33-20(23(27,28)29)16(11-31-33)21(34)32-13-6-7-18-15(9-13)14-3-1-2-4-17(14)35-18/h1-11H,(H,32,34). The van der Waals surface area contributed by atoms with Crippen molar-refractivity contribution in [2.24, 2.45) is 0 Å². The largest absolute Gasteiger partial charge is 0.456 e. The predicted molar refractivity (Wildman–Crippen MR) is 113 cm³/mol. The molecule has 3 aromatic heterocycles. The number of nitrogens with zero attached hydrogens (tertiary/aromatic N) is 3. The Morgan fingerprint density at radius 1 is 0.857 bits per heavy atom. The van der Waals surface area contributed by atoms with Crippen molar-refractivity contribution in [3.05, 3.63) is 83.8 Å². The first-order valence-electron chi connectivity index (χ1n) is 9.94. The molecule has 0 radical (unpaired) electrons. The minimum Gasteiger partial charge on any atom is -0.456 e. The monoisotopic (exact) mass is 490 g/mol. The van der Waals surface area contributed by atoms with Gasteiger partial charge in [-0.3, -0.25) is 4.79 Å². The summed E-state index contributed by atoms with van der Waals surface area (Å²) >= 11 is 0. The summed E-state index contributed by atoms with van der Waals surface area (Å²) in [5.74, 6) is -1.64. The Morgan fingerprint density at radius 2 is 1.60 bits per heavy atom. The van der Waals surface area contributed by atoms with E-state index in [0.29, 0.717) is 35.0 Å². The van der Waals surface area contributed by atoms with Gasteiger partial charge in [-0.25, -0.2) is 9.67 Å². The number of benzene rings is 2. The zero-order valence-corrected chi connectivity index (χ0v) is 17.3. The number of hydrogen-bond acceptors (Lipinski definition) is 4. The molecule has 0 saturated carbocycles. The fourth-order valence-electron chi connectivity index (χ4n) is 3.64. The maximum atomic E-state index is 13.9. The summed E-state index contributed by atoms with van der Waals surface area (Å²) in [6.45, 7) is 0. The van der Waals surface area contributed by atoms with Crippen LogP contribution in [0.15, 0.2) is 71.4 Å². The van der Waals surface area contributed by atoms with Crippen LogP contribution < -0.4 is 5.32 Å². The van der Waals surface area contributed by atoms with Crippen molar-refractivity contribution < 1.29 is 35.6 Å². The van der Waals surface area contributed by atoms with E-state index in [0.717, 1.165) is 11.5 Å². The molecule has 178 valence electrons. The summed E-state index contributed by atoms with van der Waals surface area (Å²) in [7, 11) is 0. The molecular formula is C23H12F6N4O2. The highest BCUT2D eigenvalue weighted by molar-refractivity contribution is 6.09. The fourth-order valence-corrected chi connectivity index (χ4v) is 3.64. The molecular weight excluding hydrogens is 478 g/mol. The predicted octanol–water partition coefficient (Wildman–Crippen LogP) is 6.46. The molecule has 2 aromatic carbocycles. The molecule has 0 aliphatic heterocycles. The third-order valence-electron chi connectivity index (χ3n) is 5.21. The van der Waals surface area contributed by atoms with Crippen LogP contribution in [0.3, 0.4) is 0 Å². The zero-order chi connectivity index (χ0) is 25.0. The second-order valence-corrected chi connectivity index (χ2v) is 7.48. The summed E-state index contributed by atoms with van der Waals surface area (Å²) in [6, 6.07) is 13.1. The molecule has 1 amide bonds. The van der Waals surface area contributed by atoms with Crippen LogP contribution in [-0.4, -0.2) is 20.7 Å². The van der Waals surface area contributed by atoms with E-state index in [1.807, 2.05) is 0 Å². The van der Waals surface area contributed by atoms with Crippen molar-refractivity contribution in [1.82, 2.24) is 14.8 Å². The molecule has 0 aliphatic rings. The quantitative estimate of drug-likeness (QED) is 0.295. The van der Waals surface area contributed by atoms with Gasteiger partial charge in [0.15, 0.2) is 11.5 Å². The van der Waals surface area contributed by atoms with E-state index in [2.05, 4.69) is 15.4 Å². The number of carbonyl (C=O) groups is 1. The van der Waals surface area contributed by atoms with E-state index in [9.17, 15) is 31.1 Å². The summed E-state index contributed by atoms with van der Waals surface area (Å²) < 4.78 is 85.9. The first-order valence-corrected chi connectivity index (χ1v) is 9.94. The van der Waals surface area contributed by atoms with Crippen LogP contribution in [0, 0.1) is 0 Å². The number of amides is 1. The van der Waals surface area contributed by atoms with Gasteiger partial charge in [-0.05, 0) is 36.4 Å². The molecule has 0 atom stereocenters. The fraction of sp³-hybridized carbons (Fsp3) is 0.0870. The smallest absolute Gasteiger partial charge is 0.434 e. The number of hydrogen-bond donors (Lipinski definition) is 1. The molecule has 5 rings (SSSR count). The van der Waals surface area contributed by atoms with Gasteiger partial charge in [-0.2, -0.15) is 31.4 Å². The molecule has 0 spiro atoms. The van der Waals surface area contributed by atoms with E-state index < -0.39 is 40.9 Å². The third-order valence-corrected chi connectivity index (χ3v) is 5.21. The number of halogens is 6. The van der Waals surface area contributed by atoms with Crippen LogP contribution in [-0.2, 0) is 12.4 Å². The van der Waals surface area contributed by atoms with Crippen LogP contribution in [0.1, 0.15) is 21.6 Å². The molecule has 1 N–H and O–H groups in total. The number of anilines is 1. The molecule has 0 aliphatic carbocycles. The molecule has 0 saturated heterocycles. The van der Waals surface area contributed by atoms with Crippen molar-refractivity contribution in [2.45, 2.75) is 12.4 Å². The molecule has 35 heavy (non-hydrogen) atoms. The minimum atomic E-state index is -5.06. The topological polar surface area (TPSA) is 73.0 Å². The van der Waals surface area contributed by atoms with Gasteiger partial charge in [-0.1, -0.05) is 18.2 Å². The number of rotatable bonds is 3. The van der Waals surface area contributed by atoms with Gasteiger partial charge in [0.2, 0.25) is 0 Å². The Morgan fingerprint density at radius 3 is 2.29 bits per heavy atom. The minimum absolute atomic E-state index is 0.211. The SMILES string of the molecule is O=C(Nc1ccc2oc3ccccc3c2c1)c1cnn(-c2ccc(C(F)(F)F)cn2)c1C(F)(F)F. The third kappa shape index (κ3) is 4.07. The Balaban J connectivity index is 1.50. The van der Waals surface area contributed by atoms with E-state index in [1.54, 1.807) is 36.4 Å². The summed E-state index contributed by atoms with van der Waals surface area (Å²) in [5, 5.41) is 7.39. The lowest BCUT2D eigenvalue weighted by Gasteiger charge is -2.13. The summed E-state index contributed by atoms with van der Waals surface area (Å²) in [5.41, 5.74) is -2.09. The zero-order valence-electron chi connectivity index (χ0n) is 17.3. The Labute approximate surface area is 191 Å². The Kier molecular flexibility index (Phi) is 5.04. The number of nitrogens with one attached hydrogen (secondary N) is 1. The van der Waals surface area contributed by atoms with E-state index in [4.69, 9.17) is 4.42 Å². The molecule has 12 heteroatoms. The average molecular weight is 490 g/mol. The van der Waals surface area contributed by atoms with Gasteiger partial charge in [0.05, 0.1) is 17.3 Å². The Bertz CT molecular complexity index is 1570. The van der Waals surface area contributed by atoms with Crippen LogP contribution in [0.2, 0.25) is 0 Å². The van der Waals surface area contributed by atoms with Crippen LogP contribution in [0.25, 0.3) is 27.8 Å². The van der Waals surface area contributed by atoms with E-state index in [-0.39, 0.29) is 10.4 Å². The highest BCUT2D eigenvalue weighted by atomic mass is 19.4. The number of para-hydroxylation sites is 1. The first-order chi connectivity index (χ1) is 16.5. The van der Waals surface area contributed by atoms with Gasteiger partial charge in [0.1, 0.15) is 11.2 Å².